The van der Waals surface area contributed by atoms with Crippen LogP contribution in [0.15, 0.2) is 0 Å². The number of carbonyl (C=O) groups excluding carboxylic acids is 2. The monoisotopic (exact) mass is 432 g/mol. The Bertz CT molecular complexity index is 562. The molecule has 2 saturated carbocycles. The second-order valence-corrected chi connectivity index (χ2v) is 10.4. The first-order chi connectivity index (χ1) is 15.2. The standard InChI is InChI=1S/C25H44N4O2/c30-24(28-16-7-8-17-28)20-26-14-9-15-27(19-18-26)21-25(31)29(22-10-3-1-4-11-22)23-12-5-2-6-13-23/h22-23H,1-21H2. The summed E-state index contributed by atoms with van der Waals surface area (Å²) < 4.78 is 0. The van der Waals surface area contributed by atoms with Gasteiger partial charge in [0.25, 0.3) is 0 Å². The van der Waals surface area contributed by atoms with Crippen LogP contribution in [0.1, 0.15) is 83.5 Å². The van der Waals surface area contributed by atoms with E-state index in [0.717, 1.165) is 58.5 Å². The summed E-state index contributed by atoms with van der Waals surface area (Å²) in [7, 11) is 0. The average Bonchev–Trinajstić information content (AvgIpc) is 3.25. The first kappa shape index (κ1) is 23.0. The van der Waals surface area contributed by atoms with Gasteiger partial charge >= 0.3 is 0 Å². The summed E-state index contributed by atoms with van der Waals surface area (Å²) in [5.74, 6) is 0.670. The molecule has 6 heteroatoms. The van der Waals surface area contributed by atoms with Crippen LogP contribution in [0.4, 0.5) is 0 Å². The van der Waals surface area contributed by atoms with Gasteiger partial charge in [-0.1, -0.05) is 38.5 Å². The lowest BCUT2D eigenvalue weighted by Crippen LogP contribution is -2.52. The lowest BCUT2D eigenvalue weighted by atomic mass is 9.88. The zero-order chi connectivity index (χ0) is 21.5. The van der Waals surface area contributed by atoms with Crippen LogP contribution in [-0.2, 0) is 9.59 Å². The van der Waals surface area contributed by atoms with E-state index in [4.69, 9.17) is 0 Å². The van der Waals surface area contributed by atoms with Crippen molar-refractivity contribution in [1.82, 2.24) is 19.6 Å². The fourth-order valence-corrected chi connectivity index (χ4v) is 6.30. The first-order valence-corrected chi connectivity index (χ1v) is 13.2. The number of carbonyl (C=O) groups is 2. The molecule has 0 bridgehead atoms. The van der Waals surface area contributed by atoms with E-state index in [0.29, 0.717) is 37.0 Å². The largest absolute Gasteiger partial charge is 0.342 e. The maximum Gasteiger partial charge on any atom is 0.237 e. The van der Waals surface area contributed by atoms with Gasteiger partial charge in [-0.2, -0.15) is 0 Å². The van der Waals surface area contributed by atoms with Crippen molar-refractivity contribution in [2.75, 3.05) is 52.4 Å². The van der Waals surface area contributed by atoms with E-state index >= 15 is 0 Å². The molecule has 176 valence electrons. The van der Waals surface area contributed by atoms with Crippen molar-refractivity contribution in [3.05, 3.63) is 0 Å². The van der Waals surface area contributed by atoms with Crippen LogP contribution in [-0.4, -0.2) is 95.9 Å². The minimum absolute atomic E-state index is 0.294. The molecule has 4 rings (SSSR count). The molecule has 0 radical (unpaired) electrons. The van der Waals surface area contributed by atoms with Gasteiger partial charge in [0.15, 0.2) is 0 Å². The number of rotatable bonds is 6. The van der Waals surface area contributed by atoms with Crippen molar-refractivity contribution >= 4 is 11.8 Å². The van der Waals surface area contributed by atoms with E-state index in [1.165, 1.54) is 64.2 Å². The Labute approximate surface area is 189 Å². The molecule has 0 aromatic heterocycles. The summed E-state index contributed by atoms with van der Waals surface area (Å²) in [6, 6.07) is 0.955. The Balaban J connectivity index is 1.30. The highest BCUT2D eigenvalue weighted by Crippen LogP contribution is 2.30. The summed E-state index contributed by atoms with van der Waals surface area (Å²) >= 11 is 0. The zero-order valence-corrected chi connectivity index (χ0v) is 19.6. The summed E-state index contributed by atoms with van der Waals surface area (Å²) in [6.07, 6.45) is 16.0. The molecular formula is C25H44N4O2. The lowest BCUT2D eigenvalue weighted by Gasteiger charge is -2.42. The number of nitrogens with zero attached hydrogens (tertiary/aromatic N) is 4. The Morgan fingerprint density at radius 3 is 1.65 bits per heavy atom. The highest BCUT2D eigenvalue weighted by Gasteiger charge is 2.33. The molecule has 2 amide bonds. The molecular weight excluding hydrogens is 388 g/mol. The maximum atomic E-state index is 13.6. The van der Waals surface area contributed by atoms with E-state index in [9.17, 15) is 9.59 Å². The molecule has 0 spiro atoms. The molecule has 0 N–H and O–H groups in total. The third-order valence-corrected chi connectivity index (χ3v) is 8.08. The van der Waals surface area contributed by atoms with Gasteiger partial charge in [0.2, 0.25) is 11.8 Å². The van der Waals surface area contributed by atoms with Gasteiger partial charge in [-0.25, -0.2) is 0 Å². The van der Waals surface area contributed by atoms with Crippen LogP contribution in [0.3, 0.4) is 0 Å². The SMILES string of the molecule is O=C(CN1CCCN(CC(=O)N(C2CCCCC2)C2CCCCC2)CC1)N1CCCC1. The third-order valence-electron chi connectivity index (χ3n) is 8.08. The van der Waals surface area contributed by atoms with E-state index in [1.54, 1.807) is 0 Å². The van der Waals surface area contributed by atoms with Crippen LogP contribution in [0.5, 0.6) is 0 Å². The summed E-state index contributed by atoms with van der Waals surface area (Å²) in [5.41, 5.74) is 0. The number of likely N-dealkylation sites (tertiary alicyclic amines) is 1. The molecule has 0 unspecified atom stereocenters. The fourth-order valence-electron chi connectivity index (χ4n) is 6.30. The molecule has 0 aromatic carbocycles. The average molecular weight is 433 g/mol. The van der Waals surface area contributed by atoms with Gasteiger partial charge in [0.1, 0.15) is 0 Å². The predicted octanol–water partition coefficient (Wildman–Crippen LogP) is 3.11. The quantitative estimate of drug-likeness (QED) is 0.647. The van der Waals surface area contributed by atoms with Crippen molar-refractivity contribution < 1.29 is 9.59 Å². The van der Waals surface area contributed by atoms with Gasteiger partial charge in [-0.15, -0.1) is 0 Å². The second kappa shape index (κ2) is 11.6. The van der Waals surface area contributed by atoms with E-state index in [-0.39, 0.29) is 0 Å². The van der Waals surface area contributed by atoms with Crippen molar-refractivity contribution in [2.45, 2.75) is 95.6 Å². The maximum absolute atomic E-state index is 13.6. The topological polar surface area (TPSA) is 47.1 Å². The molecule has 31 heavy (non-hydrogen) atoms. The van der Waals surface area contributed by atoms with Gasteiger partial charge in [-0.05, 0) is 58.0 Å². The molecule has 4 fully saturated rings. The highest BCUT2D eigenvalue weighted by molar-refractivity contribution is 5.79. The lowest BCUT2D eigenvalue weighted by molar-refractivity contribution is -0.139. The molecule has 0 aromatic rings. The summed E-state index contributed by atoms with van der Waals surface area (Å²) in [4.78, 5) is 35.2. The highest BCUT2D eigenvalue weighted by atomic mass is 16.2. The molecule has 0 atom stereocenters. The Kier molecular flexibility index (Phi) is 8.65. The van der Waals surface area contributed by atoms with Crippen LogP contribution < -0.4 is 0 Å². The summed E-state index contributed by atoms with van der Waals surface area (Å²) in [5, 5.41) is 0. The van der Waals surface area contributed by atoms with E-state index in [1.807, 2.05) is 4.90 Å². The zero-order valence-electron chi connectivity index (χ0n) is 19.6. The van der Waals surface area contributed by atoms with Gasteiger partial charge in [-0.3, -0.25) is 19.4 Å². The van der Waals surface area contributed by atoms with E-state index < -0.39 is 0 Å². The van der Waals surface area contributed by atoms with Crippen LogP contribution in [0.25, 0.3) is 0 Å². The minimum atomic E-state index is 0.294. The van der Waals surface area contributed by atoms with Crippen LogP contribution >= 0.6 is 0 Å². The molecule has 4 aliphatic rings. The molecule has 2 heterocycles. The smallest absolute Gasteiger partial charge is 0.237 e. The Morgan fingerprint density at radius 1 is 0.581 bits per heavy atom. The Morgan fingerprint density at radius 2 is 1.10 bits per heavy atom. The number of amides is 2. The van der Waals surface area contributed by atoms with Crippen molar-refractivity contribution in [2.24, 2.45) is 0 Å². The number of hydrogen-bond donors (Lipinski definition) is 0. The van der Waals surface area contributed by atoms with E-state index in [2.05, 4.69) is 14.7 Å². The van der Waals surface area contributed by atoms with Crippen molar-refractivity contribution in [1.29, 1.82) is 0 Å². The Hall–Kier alpha value is -1.14. The predicted molar refractivity (Wildman–Crippen MR) is 124 cm³/mol. The molecule has 6 nitrogen and oxygen atoms in total. The molecule has 2 aliphatic carbocycles. The van der Waals surface area contributed by atoms with Gasteiger partial charge in [0.05, 0.1) is 13.1 Å². The first-order valence-electron chi connectivity index (χ1n) is 13.2. The van der Waals surface area contributed by atoms with Crippen LogP contribution in [0.2, 0.25) is 0 Å². The molecule has 2 aliphatic heterocycles. The normalized spacial score (nSPS) is 25.5. The molecule has 2 saturated heterocycles. The summed E-state index contributed by atoms with van der Waals surface area (Å²) in [6.45, 7) is 6.75. The van der Waals surface area contributed by atoms with Crippen LogP contribution in [0, 0.1) is 0 Å². The third kappa shape index (κ3) is 6.44. The minimum Gasteiger partial charge on any atom is -0.342 e. The fraction of sp³-hybridized carbons (Fsp3) is 0.920. The van der Waals surface area contributed by atoms with Gasteiger partial charge in [0, 0.05) is 38.3 Å². The van der Waals surface area contributed by atoms with Crippen molar-refractivity contribution in [3.63, 3.8) is 0 Å². The van der Waals surface area contributed by atoms with Crippen molar-refractivity contribution in [3.8, 4) is 0 Å². The van der Waals surface area contributed by atoms with Gasteiger partial charge < -0.3 is 9.80 Å². The number of hydrogen-bond acceptors (Lipinski definition) is 4. The second-order valence-electron chi connectivity index (χ2n) is 10.4.